The van der Waals surface area contributed by atoms with Crippen LogP contribution in [0.3, 0.4) is 0 Å². The Labute approximate surface area is 151 Å². The van der Waals surface area contributed by atoms with E-state index in [0.717, 1.165) is 0 Å². The maximum absolute atomic E-state index is 11.8. The molecule has 1 atom stereocenters. The van der Waals surface area contributed by atoms with Gasteiger partial charge in [-0.1, -0.05) is 6.92 Å². The van der Waals surface area contributed by atoms with Crippen LogP contribution in [-0.2, 0) is 9.84 Å². The molecule has 0 amide bonds. The molecule has 140 valence electrons. The third kappa shape index (κ3) is 4.93. The van der Waals surface area contributed by atoms with Crippen LogP contribution in [0.15, 0.2) is 41.6 Å². The van der Waals surface area contributed by atoms with Crippen molar-refractivity contribution >= 4 is 15.8 Å². The van der Waals surface area contributed by atoms with E-state index in [2.05, 4.69) is 4.98 Å². The van der Waals surface area contributed by atoms with E-state index in [4.69, 9.17) is 14.6 Å². The van der Waals surface area contributed by atoms with Gasteiger partial charge < -0.3 is 19.7 Å². The number of carbonyl (C=O) groups is 1. The maximum atomic E-state index is 11.8. The maximum Gasteiger partial charge on any atom is 0.335 e. The van der Waals surface area contributed by atoms with Crippen LogP contribution in [0, 0.1) is 0 Å². The number of aliphatic hydroxyl groups excluding tert-OH is 1. The summed E-state index contributed by atoms with van der Waals surface area (Å²) >= 11 is 0. The topological polar surface area (TPSA) is 123 Å². The zero-order valence-corrected chi connectivity index (χ0v) is 15.1. The van der Waals surface area contributed by atoms with Gasteiger partial charge in [-0.15, -0.1) is 0 Å². The normalized spacial score (nSPS) is 12.4. The Kier molecular flexibility index (Phi) is 6.17. The summed E-state index contributed by atoms with van der Waals surface area (Å²) in [5, 5.41) is 18.2. The molecule has 2 N–H and O–H groups in total. The Bertz CT molecular complexity index is 878. The van der Waals surface area contributed by atoms with E-state index in [0.29, 0.717) is 0 Å². The number of aliphatic hydroxyl groups is 1. The molecule has 1 aromatic carbocycles. The number of nitrogens with zero attached hydrogens (tertiary/aromatic N) is 1. The van der Waals surface area contributed by atoms with Crippen LogP contribution >= 0.6 is 0 Å². The third-order valence-electron chi connectivity index (χ3n) is 3.36. The van der Waals surface area contributed by atoms with Gasteiger partial charge in [0.1, 0.15) is 23.4 Å². The Morgan fingerprint density at radius 1 is 1.19 bits per heavy atom. The Morgan fingerprint density at radius 3 is 2.42 bits per heavy atom. The average molecular weight is 381 g/mol. The minimum atomic E-state index is -3.42. The van der Waals surface area contributed by atoms with Crippen LogP contribution in [-0.4, -0.2) is 48.0 Å². The Morgan fingerprint density at radius 2 is 1.88 bits per heavy atom. The van der Waals surface area contributed by atoms with E-state index < -0.39 is 21.9 Å². The van der Waals surface area contributed by atoms with Crippen LogP contribution in [0.5, 0.6) is 17.2 Å². The number of aromatic nitrogens is 1. The Balaban J connectivity index is 2.29. The van der Waals surface area contributed by atoms with E-state index in [-0.39, 0.29) is 40.2 Å². The van der Waals surface area contributed by atoms with Gasteiger partial charge in [-0.25, -0.2) is 18.2 Å². The van der Waals surface area contributed by atoms with Crippen LogP contribution < -0.4 is 9.47 Å². The molecular weight excluding hydrogens is 362 g/mol. The largest absolute Gasteiger partial charge is 0.488 e. The molecule has 0 spiro atoms. The second-order valence-corrected chi connectivity index (χ2v) is 7.67. The summed E-state index contributed by atoms with van der Waals surface area (Å²) in [6.07, 6.45) is 0.722. The Hall–Kier alpha value is -2.65. The van der Waals surface area contributed by atoms with Gasteiger partial charge in [0.25, 0.3) is 0 Å². The lowest BCUT2D eigenvalue weighted by Crippen LogP contribution is -2.16. The summed E-state index contributed by atoms with van der Waals surface area (Å²) in [6, 6.07) is 6.83. The molecule has 9 heteroatoms. The summed E-state index contributed by atoms with van der Waals surface area (Å²) in [6.45, 7) is 2.92. The number of ether oxygens (including phenoxy) is 2. The smallest absolute Gasteiger partial charge is 0.335 e. The number of rotatable bonds is 8. The van der Waals surface area contributed by atoms with Crippen molar-refractivity contribution in [2.45, 2.75) is 25.0 Å². The van der Waals surface area contributed by atoms with Crippen molar-refractivity contribution in [1.82, 2.24) is 4.98 Å². The number of carboxylic acid groups (broad SMARTS) is 1. The molecule has 0 saturated heterocycles. The van der Waals surface area contributed by atoms with Gasteiger partial charge in [0.2, 0.25) is 0 Å². The fourth-order valence-corrected chi connectivity index (χ4v) is 2.77. The van der Waals surface area contributed by atoms with Gasteiger partial charge >= 0.3 is 5.97 Å². The molecule has 0 unspecified atom stereocenters. The molecule has 1 heterocycles. The summed E-state index contributed by atoms with van der Waals surface area (Å²) in [7, 11) is -3.42. The third-order valence-corrected chi connectivity index (χ3v) is 5.00. The lowest BCUT2D eigenvalue weighted by Gasteiger charge is -2.14. The molecule has 1 aromatic heterocycles. The number of hydrogen-bond acceptors (Lipinski definition) is 7. The van der Waals surface area contributed by atoms with Crippen molar-refractivity contribution in [2.24, 2.45) is 0 Å². The minimum Gasteiger partial charge on any atom is -0.488 e. The van der Waals surface area contributed by atoms with Crippen LogP contribution in [0.2, 0.25) is 0 Å². The molecular formula is C17H19NO7S. The molecule has 2 aromatic rings. The predicted octanol–water partition coefficient (Wildman–Crippen LogP) is 2.13. The van der Waals surface area contributed by atoms with Crippen LogP contribution in [0.4, 0.5) is 0 Å². The average Bonchev–Trinajstić information content (AvgIpc) is 2.61. The lowest BCUT2D eigenvalue weighted by molar-refractivity contribution is 0.0695. The quantitative estimate of drug-likeness (QED) is 0.713. The predicted molar refractivity (Wildman–Crippen MR) is 92.6 cm³/mol. The van der Waals surface area contributed by atoms with Gasteiger partial charge in [-0.05, 0) is 31.2 Å². The molecule has 0 saturated carbocycles. The van der Waals surface area contributed by atoms with Gasteiger partial charge in [-0.2, -0.15) is 0 Å². The van der Waals surface area contributed by atoms with Crippen molar-refractivity contribution in [1.29, 1.82) is 0 Å². The van der Waals surface area contributed by atoms with Gasteiger partial charge in [-0.3, -0.25) is 0 Å². The first-order valence-corrected chi connectivity index (χ1v) is 9.43. The highest BCUT2D eigenvalue weighted by Gasteiger charge is 2.14. The number of sulfone groups is 1. The van der Waals surface area contributed by atoms with E-state index >= 15 is 0 Å². The second kappa shape index (κ2) is 8.15. The number of pyridine rings is 1. The molecule has 0 aliphatic carbocycles. The zero-order valence-electron chi connectivity index (χ0n) is 14.2. The molecule has 0 radical (unpaired) electrons. The zero-order chi connectivity index (χ0) is 19.3. The van der Waals surface area contributed by atoms with Crippen LogP contribution in [0.25, 0.3) is 0 Å². The first kappa shape index (κ1) is 19.7. The summed E-state index contributed by atoms with van der Waals surface area (Å²) in [5.41, 5.74) is -0.0548. The standard InChI is InChI=1S/C17H19NO7S/c1-3-26(22,23)16-5-4-13(9-18-16)25-15-7-12(17(20)21)6-14(8-15)24-11(2)10-19/h4-9,11,19H,3,10H2,1-2H3,(H,20,21)/t11-/m1/s1. The molecule has 0 bridgehead atoms. The highest BCUT2D eigenvalue weighted by molar-refractivity contribution is 7.91. The fourth-order valence-electron chi connectivity index (χ4n) is 1.99. The second-order valence-electron chi connectivity index (χ2n) is 5.45. The molecule has 8 nitrogen and oxygen atoms in total. The SMILES string of the molecule is CCS(=O)(=O)c1ccc(Oc2cc(O[C@H](C)CO)cc(C(=O)O)c2)cn1. The highest BCUT2D eigenvalue weighted by atomic mass is 32.2. The first-order chi connectivity index (χ1) is 12.2. The molecule has 0 fully saturated rings. The number of benzene rings is 1. The van der Waals surface area contributed by atoms with E-state index in [1.165, 1.54) is 43.5 Å². The number of carboxylic acids is 1. The molecule has 2 rings (SSSR count). The lowest BCUT2D eigenvalue weighted by atomic mass is 10.2. The number of hydrogen-bond donors (Lipinski definition) is 2. The van der Waals surface area contributed by atoms with Crippen molar-refractivity contribution in [3.63, 3.8) is 0 Å². The van der Waals surface area contributed by atoms with Crippen molar-refractivity contribution in [2.75, 3.05) is 12.4 Å². The van der Waals surface area contributed by atoms with E-state index in [9.17, 15) is 18.3 Å². The van der Waals surface area contributed by atoms with Crippen molar-refractivity contribution in [3.05, 3.63) is 42.1 Å². The van der Waals surface area contributed by atoms with Crippen molar-refractivity contribution in [3.8, 4) is 17.2 Å². The van der Waals surface area contributed by atoms with Gasteiger partial charge in [0, 0.05) is 6.07 Å². The minimum absolute atomic E-state index is 0.0548. The monoisotopic (exact) mass is 381 g/mol. The first-order valence-electron chi connectivity index (χ1n) is 7.77. The fraction of sp³-hybridized carbons (Fsp3) is 0.294. The number of aromatic carboxylic acids is 1. The van der Waals surface area contributed by atoms with E-state index in [1.807, 2.05) is 0 Å². The summed E-state index contributed by atoms with van der Waals surface area (Å²) in [5.74, 6) is -0.592. The molecule has 0 aliphatic heterocycles. The highest BCUT2D eigenvalue weighted by Crippen LogP contribution is 2.28. The summed E-state index contributed by atoms with van der Waals surface area (Å²) < 4.78 is 34.5. The van der Waals surface area contributed by atoms with Crippen LogP contribution in [0.1, 0.15) is 24.2 Å². The van der Waals surface area contributed by atoms with Crippen molar-refractivity contribution < 1.29 is 32.9 Å². The molecule has 0 aliphatic rings. The summed E-state index contributed by atoms with van der Waals surface area (Å²) in [4.78, 5) is 15.1. The van der Waals surface area contributed by atoms with E-state index in [1.54, 1.807) is 6.92 Å². The molecule has 26 heavy (non-hydrogen) atoms. The van der Waals surface area contributed by atoms with Gasteiger partial charge in [0.15, 0.2) is 14.9 Å². The van der Waals surface area contributed by atoms with Gasteiger partial charge in [0.05, 0.1) is 24.1 Å².